The zero-order valence-corrected chi connectivity index (χ0v) is 21.3. The minimum absolute atomic E-state index is 0.0215. The molecule has 1 aromatic rings. The van der Waals surface area contributed by atoms with Gasteiger partial charge in [-0.05, 0) is 63.0 Å². The van der Waals surface area contributed by atoms with Gasteiger partial charge in [0, 0.05) is 5.41 Å². The highest BCUT2D eigenvalue weighted by molar-refractivity contribution is 7.99. The van der Waals surface area contributed by atoms with Crippen molar-refractivity contribution in [2.45, 2.75) is 82.5 Å². The van der Waals surface area contributed by atoms with E-state index in [0.29, 0.717) is 6.42 Å². The number of carbonyl (C=O) groups is 3. The van der Waals surface area contributed by atoms with Crippen LogP contribution in [0.4, 0.5) is 4.79 Å². The Morgan fingerprint density at radius 1 is 1.12 bits per heavy atom. The van der Waals surface area contributed by atoms with Gasteiger partial charge in [0.25, 0.3) is 0 Å². The monoisotopic (exact) mass is 487 g/mol. The molecule has 0 saturated carbocycles. The first-order valence-electron chi connectivity index (χ1n) is 12.3. The zero-order valence-electron chi connectivity index (χ0n) is 20.5. The molecular weight excluding hydrogens is 450 g/mol. The van der Waals surface area contributed by atoms with Crippen LogP contribution in [0.1, 0.15) is 63.6 Å². The maximum Gasteiger partial charge on any atom is 0.316 e. The molecule has 2 heterocycles. The lowest BCUT2D eigenvalue weighted by molar-refractivity contribution is -0.138. The van der Waals surface area contributed by atoms with Crippen LogP contribution in [0, 0.1) is 5.41 Å². The summed E-state index contributed by atoms with van der Waals surface area (Å²) in [5, 5.41) is 12.1. The van der Waals surface area contributed by atoms with Gasteiger partial charge in [0.15, 0.2) is 0 Å². The Balaban J connectivity index is 1.48. The second-order valence-electron chi connectivity index (χ2n) is 10.3. The van der Waals surface area contributed by atoms with Crippen molar-refractivity contribution in [3.63, 3.8) is 0 Å². The number of rotatable bonds is 5. The number of nitrogens with zero attached hydrogens (tertiary/aromatic N) is 1. The third-order valence-corrected chi connectivity index (χ3v) is 8.63. The first-order chi connectivity index (χ1) is 16.2. The van der Waals surface area contributed by atoms with Crippen LogP contribution in [0.25, 0.3) is 0 Å². The van der Waals surface area contributed by atoms with Crippen LogP contribution >= 0.6 is 11.8 Å². The molecule has 0 aromatic heterocycles. The molecule has 0 bridgehead atoms. The van der Waals surface area contributed by atoms with Crippen LogP contribution in [-0.4, -0.2) is 59.2 Å². The van der Waals surface area contributed by atoms with Gasteiger partial charge in [0.1, 0.15) is 12.2 Å². The first kappa shape index (κ1) is 24.9. The zero-order chi connectivity index (χ0) is 24.5. The van der Waals surface area contributed by atoms with E-state index in [1.54, 1.807) is 30.6 Å². The van der Waals surface area contributed by atoms with Crippen LogP contribution < -0.4 is 21.3 Å². The fraction of sp³-hybridized carbons (Fsp3) is 0.640. The lowest BCUT2D eigenvalue weighted by Crippen LogP contribution is -2.60. The van der Waals surface area contributed by atoms with E-state index in [2.05, 4.69) is 47.2 Å². The number of thioether (sulfide) groups is 1. The van der Waals surface area contributed by atoms with Gasteiger partial charge in [-0.25, -0.2) is 4.79 Å². The Bertz CT molecular complexity index is 939. The van der Waals surface area contributed by atoms with E-state index in [1.807, 2.05) is 12.1 Å². The molecule has 2 saturated heterocycles. The number of hydrogen-bond donors (Lipinski definition) is 4. The number of hydrogen-bond acceptors (Lipinski definition) is 5. The predicted octanol–water partition coefficient (Wildman–Crippen LogP) is 2.50. The normalized spacial score (nSPS) is 28.8. The van der Waals surface area contributed by atoms with Crippen LogP contribution in [0.15, 0.2) is 24.3 Å². The van der Waals surface area contributed by atoms with E-state index in [4.69, 9.17) is 0 Å². The van der Waals surface area contributed by atoms with Crippen LogP contribution in [0.5, 0.6) is 0 Å². The van der Waals surface area contributed by atoms with Gasteiger partial charge in [-0.3, -0.25) is 9.59 Å². The molecular formula is C25H37N5O3S. The van der Waals surface area contributed by atoms with Gasteiger partial charge in [-0.1, -0.05) is 38.1 Å². The molecule has 0 unspecified atom stereocenters. The quantitative estimate of drug-likeness (QED) is 0.511. The van der Waals surface area contributed by atoms with Gasteiger partial charge in [-0.2, -0.15) is 0 Å². The van der Waals surface area contributed by atoms with Crippen molar-refractivity contribution in [1.82, 2.24) is 26.2 Å². The molecule has 1 aliphatic carbocycles. The van der Waals surface area contributed by atoms with E-state index < -0.39 is 12.2 Å². The van der Waals surface area contributed by atoms with E-state index in [9.17, 15) is 14.4 Å². The van der Waals surface area contributed by atoms with Gasteiger partial charge in [0.05, 0.1) is 17.5 Å². The highest BCUT2D eigenvalue weighted by Crippen LogP contribution is 2.45. The van der Waals surface area contributed by atoms with E-state index in [-0.39, 0.29) is 40.7 Å². The molecule has 9 heteroatoms. The van der Waals surface area contributed by atoms with Gasteiger partial charge >= 0.3 is 6.03 Å². The smallest absolute Gasteiger partial charge is 0.316 e. The summed E-state index contributed by atoms with van der Waals surface area (Å²) in [5.74, 6) is 0.464. The topological polar surface area (TPSA) is 103 Å². The summed E-state index contributed by atoms with van der Waals surface area (Å²) in [5.41, 5.74) is 2.17. The third kappa shape index (κ3) is 5.05. The Hall–Kier alpha value is -2.26. The number of nitrogens with one attached hydrogen (secondary N) is 4. The molecule has 2 aliphatic heterocycles. The Morgan fingerprint density at radius 2 is 1.88 bits per heavy atom. The van der Waals surface area contributed by atoms with Crippen LogP contribution in [0.2, 0.25) is 0 Å². The van der Waals surface area contributed by atoms with Gasteiger partial charge in [-0.15, -0.1) is 11.8 Å². The Labute approximate surface area is 206 Å². The highest BCUT2D eigenvalue weighted by atomic mass is 32.2. The molecule has 4 rings (SSSR count). The van der Waals surface area contributed by atoms with E-state index in [1.165, 1.54) is 11.1 Å². The summed E-state index contributed by atoms with van der Waals surface area (Å²) in [6.45, 7) is 5.95. The second-order valence-corrected chi connectivity index (χ2v) is 11.6. The lowest BCUT2D eigenvalue weighted by atomic mass is 9.87. The molecule has 1 aromatic carbocycles. The molecule has 2 fully saturated rings. The Kier molecular flexibility index (Phi) is 7.42. The maximum absolute atomic E-state index is 13.6. The second kappa shape index (κ2) is 10.2. The summed E-state index contributed by atoms with van der Waals surface area (Å²) < 4.78 is 0. The van der Waals surface area contributed by atoms with Crippen molar-refractivity contribution in [3.05, 3.63) is 35.4 Å². The number of benzene rings is 1. The van der Waals surface area contributed by atoms with Crippen molar-refractivity contribution in [1.29, 1.82) is 0 Å². The maximum atomic E-state index is 13.6. The molecule has 4 amide bonds. The molecule has 0 spiro atoms. The average molecular weight is 488 g/mol. The lowest BCUT2D eigenvalue weighted by Gasteiger charge is -2.36. The number of aryl methyl sites for hydroxylation is 1. The molecule has 186 valence electrons. The highest BCUT2D eigenvalue weighted by Gasteiger charge is 2.52. The summed E-state index contributed by atoms with van der Waals surface area (Å²) >= 11 is 1.73. The summed E-state index contributed by atoms with van der Waals surface area (Å²) in [6.07, 6.45) is 3.89. The molecule has 0 radical (unpaired) electrons. The molecule has 5 atom stereocenters. The predicted molar refractivity (Wildman–Crippen MR) is 134 cm³/mol. The fourth-order valence-electron chi connectivity index (χ4n) is 5.29. The average Bonchev–Trinajstić information content (AvgIpc) is 2.96. The standard InChI is InChI=1S/C25H37N5O3S/c1-15(26-4)21(31)27-19-12-13-34-20-14-25(2,3)23(30(20)22(19)32)29-24(33)28-18-11-7-9-16-8-5-6-10-17(16)18/h5-6,8,10,15,18-20,23,26H,7,9,11-14H2,1-4H3,(H,27,31)(H2,28,29,33)/t15-,18+,19-,20-,23-/m0/s1. The number of urea groups is 1. The molecule has 8 nitrogen and oxygen atoms in total. The SMILES string of the molecule is CN[C@@H](C)C(=O)N[C@H]1CCS[C@H]2CC(C)(C)[C@@H](NC(=O)N[C@@H]3CCCc4ccccc43)N2C1=O. The minimum Gasteiger partial charge on any atom is -0.343 e. The van der Waals surface area contributed by atoms with Gasteiger partial charge < -0.3 is 26.2 Å². The van der Waals surface area contributed by atoms with E-state index >= 15 is 0 Å². The number of fused-ring (bicyclic) bond motifs is 2. The molecule has 4 N–H and O–H groups in total. The van der Waals surface area contributed by atoms with Crippen molar-refractivity contribution in [2.24, 2.45) is 5.41 Å². The van der Waals surface area contributed by atoms with E-state index in [0.717, 1.165) is 31.4 Å². The number of amides is 4. The van der Waals surface area contributed by atoms with Gasteiger partial charge in [0.2, 0.25) is 11.8 Å². The van der Waals surface area contributed by atoms with Crippen LogP contribution in [0.3, 0.4) is 0 Å². The molecule has 34 heavy (non-hydrogen) atoms. The Morgan fingerprint density at radius 3 is 2.65 bits per heavy atom. The number of likely N-dealkylation sites (N-methyl/N-ethyl adjacent to an activating group) is 1. The molecule has 3 aliphatic rings. The largest absolute Gasteiger partial charge is 0.343 e. The van der Waals surface area contributed by atoms with Crippen molar-refractivity contribution < 1.29 is 14.4 Å². The fourth-order valence-corrected chi connectivity index (χ4v) is 6.87. The van der Waals surface area contributed by atoms with Crippen molar-refractivity contribution >= 4 is 29.6 Å². The minimum atomic E-state index is -0.590. The number of carbonyl (C=O) groups excluding carboxylic acids is 3. The summed E-state index contributed by atoms with van der Waals surface area (Å²) in [4.78, 5) is 41.1. The third-order valence-electron chi connectivity index (χ3n) is 7.38. The van der Waals surface area contributed by atoms with Crippen molar-refractivity contribution in [2.75, 3.05) is 12.8 Å². The first-order valence-corrected chi connectivity index (χ1v) is 13.3. The summed E-state index contributed by atoms with van der Waals surface area (Å²) in [6, 6.07) is 7.00. The van der Waals surface area contributed by atoms with Crippen LogP contribution in [-0.2, 0) is 16.0 Å². The van der Waals surface area contributed by atoms with Crippen molar-refractivity contribution in [3.8, 4) is 0 Å². The summed E-state index contributed by atoms with van der Waals surface area (Å²) in [7, 11) is 1.72.